The Kier molecular flexibility index (Phi) is 5.03. The highest BCUT2D eigenvalue weighted by molar-refractivity contribution is 7.91. The molecule has 3 rings (SSSR count). The van der Waals surface area contributed by atoms with Crippen molar-refractivity contribution in [1.29, 1.82) is 0 Å². The summed E-state index contributed by atoms with van der Waals surface area (Å²) in [5.74, 6) is -0.637. The molecule has 8 heteroatoms. The lowest BCUT2D eigenvalue weighted by molar-refractivity contribution is -0.384. The van der Waals surface area contributed by atoms with Crippen molar-refractivity contribution < 1.29 is 18.1 Å². The molecular formula is C18H18N2O5S. The maximum Gasteiger partial charge on any atom is 0.271 e. The van der Waals surface area contributed by atoms with Crippen molar-refractivity contribution in [1.82, 2.24) is 0 Å². The average Bonchev–Trinajstić information content (AvgIpc) is 2.66. The highest BCUT2D eigenvalue weighted by atomic mass is 32.2. The Morgan fingerprint density at radius 2 is 1.88 bits per heavy atom. The van der Waals surface area contributed by atoms with Crippen LogP contribution >= 0.6 is 0 Å². The highest BCUT2D eigenvalue weighted by Gasteiger charge is 2.26. The van der Waals surface area contributed by atoms with Crippen LogP contribution in [0.1, 0.15) is 18.4 Å². The lowest BCUT2D eigenvalue weighted by atomic mass is 10.0. The second-order valence-corrected chi connectivity index (χ2v) is 8.21. The van der Waals surface area contributed by atoms with Crippen molar-refractivity contribution in [3.05, 3.63) is 64.2 Å². The van der Waals surface area contributed by atoms with E-state index < -0.39 is 14.8 Å². The van der Waals surface area contributed by atoms with Gasteiger partial charge < -0.3 is 4.90 Å². The molecule has 2 aromatic carbocycles. The Morgan fingerprint density at radius 3 is 2.58 bits per heavy atom. The van der Waals surface area contributed by atoms with Gasteiger partial charge in [-0.15, -0.1) is 0 Å². The van der Waals surface area contributed by atoms with E-state index in [-0.39, 0.29) is 28.7 Å². The molecule has 0 N–H and O–H groups in total. The first kappa shape index (κ1) is 18.1. The van der Waals surface area contributed by atoms with Gasteiger partial charge in [0.05, 0.1) is 21.3 Å². The summed E-state index contributed by atoms with van der Waals surface area (Å²) < 4.78 is 24.7. The fourth-order valence-corrected chi connectivity index (χ4v) is 4.29. The Bertz CT molecular complexity index is 941. The quantitative estimate of drug-likeness (QED) is 0.592. The highest BCUT2D eigenvalue weighted by Crippen LogP contribution is 2.31. The van der Waals surface area contributed by atoms with E-state index in [1.165, 1.54) is 29.2 Å². The number of hydrogen-bond donors (Lipinski definition) is 0. The van der Waals surface area contributed by atoms with Gasteiger partial charge in [-0.25, -0.2) is 8.42 Å². The maximum absolute atomic E-state index is 12.6. The van der Waals surface area contributed by atoms with Gasteiger partial charge in [-0.05, 0) is 30.5 Å². The molecule has 136 valence electrons. The smallest absolute Gasteiger partial charge is 0.271 e. The van der Waals surface area contributed by atoms with Crippen molar-refractivity contribution in [2.75, 3.05) is 17.2 Å². The number of nitrogens with zero attached hydrogens (tertiary/aromatic N) is 2. The number of anilines is 1. The third-order valence-corrected chi connectivity index (χ3v) is 6.12. The van der Waals surface area contributed by atoms with Crippen LogP contribution in [0.25, 0.3) is 0 Å². The van der Waals surface area contributed by atoms with Crippen molar-refractivity contribution in [2.45, 2.75) is 24.2 Å². The van der Waals surface area contributed by atoms with Crippen LogP contribution in [0.4, 0.5) is 11.4 Å². The van der Waals surface area contributed by atoms with Gasteiger partial charge in [0.25, 0.3) is 5.69 Å². The zero-order chi connectivity index (χ0) is 18.7. The van der Waals surface area contributed by atoms with Crippen molar-refractivity contribution in [3.8, 4) is 0 Å². The molecule has 1 aliphatic heterocycles. The van der Waals surface area contributed by atoms with Gasteiger partial charge in [-0.2, -0.15) is 0 Å². The number of nitro groups is 1. The summed E-state index contributed by atoms with van der Waals surface area (Å²) in [7, 11) is -3.55. The lowest BCUT2D eigenvalue weighted by Gasteiger charge is -2.29. The van der Waals surface area contributed by atoms with Gasteiger partial charge in [-0.1, -0.05) is 24.3 Å². The lowest BCUT2D eigenvalue weighted by Crippen LogP contribution is -2.36. The maximum atomic E-state index is 12.6. The minimum Gasteiger partial charge on any atom is -0.312 e. The van der Waals surface area contributed by atoms with Crippen LogP contribution in [0.2, 0.25) is 0 Å². The van der Waals surface area contributed by atoms with E-state index in [0.29, 0.717) is 12.2 Å². The van der Waals surface area contributed by atoms with Gasteiger partial charge in [0.15, 0.2) is 9.84 Å². The fourth-order valence-electron chi connectivity index (χ4n) is 3.04. The summed E-state index contributed by atoms with van der Waals surface area (Å²) in [6, 6.07) is 12.5. The van der Waals surface area contributed by atoms with E-state index in [2.05, 4.69) is 0 Å². The predicted octanol–water partition coefficient (Wildman–Crippen LogP) is 2.74. The Morgan fingerprint density at radius 1 is 1.15 bits per heavy atom. The number of fused-ring (bicyclic) bond motifs is 1. The normalized spacial score (nSPS) is 13.9. The molecule has 0 bridgehead atoms. The molecule has 0 aliphatic carbocycles. The number of carbonyl (C=O) groups excluding carboxylic acids is 1. The Balaban J connectivity index is 1.78. The summed E-state index contributed by atoms with van der Waals surface area (Å²) in [6.45, 7) is 0.429. The standard InChI is InChI=1S/C18H18N2O5S/c21-18(10-12-26(24,25)16-6-2-1-3-7-16)19-11-4-5-14-8-9-15(20(22)23)13-17(14)19/h1-3,6-9,13H,4-5,10-12H2. The number of amides is 1. The summed E-state index contributed by atoms with van der Waals surface area (Å²) in [6.07, 6.45) is 1.31. The molecule has 0 aromatic heterocycles. The molecule has 0 fully saturated rings. The predicted molar refractivity (Wildman–Crippen MR) is 96.9 cm³/mol. The summed E-state index contributed by atoms with van der Waals surface area (Å²) in [5, 5.41) is 11.0. The molecule has 0 radical (unpaired) electrons. The van der Waals surface area contributed by atoms with E-state index in [4.69, 9.17) is 0 Å². The molecule has 0 atom stereocenters. The van der Waals surface area contributed by atoms with E-state index in [1.807, 2.05) is 0 Å². The number of benzene rings is 2. The van der Waals surface area contributed by atoms with Crippen molar-refractivity contribution in [2.24, 2.45) is 0 Å². The number of nitro benzene ring substituents is 1. The van der Waals surface area contributed by atoms with Crippen molar-refractivity contribution >= 4 is 27.1 Å². The fraction of sp³-hybridized carbons (Fsp3) is 0.278. The van der Waals surface area contributed by atoms with Crippen LogP contribution in [0, 0.1) is 10.1 Å². The van der Waals surface area contributed by atoms with E-state index in [0.717, 1.165) is 18.4 Å². The van der Waals surface area contributed by atoms with Crippen LogP contribution in [0.15, 0.2) is 53.4 Å². The number of sulfone groups is 1. The molecular weight excluding hydrogens is 356 g/mol. The third kappa shape index (κ3) is 3.75. The molecule has 1 aliphatic rings. The molecule has 2 aromatic rings. The van der Waals surface area contributed by atoms with Gasteiger partial charge >= 0.3 is 0 Å². The number of hydrogen-bond acceptors (Lipinski definition) is 5. The minimum atomic E-state index is -3.55. The van der Waals surface area contributed by atoms with E-state index in [9.17, 15) is 23.3 Å². The van der Waals surface area contributed by atoms with E-state index in [1.54, 1.807) is 24.3 Å². The van der Waals surface area contributed by atoms with Crippen LogP contribution in [-0.4, -0.2) is 31.5 Å². The van der Waals surface area contributed by atoms with E-state index >= 15 is 0 Å². The third-order valence-electron chi connectivity index (χ3n) is 4.39. The molecule has 0 unspecified atom stereocenters. The van der Waals surface area contributed by atoms with Gasteiger partial charge in [0, 0.05) is 25.1 Å². The molecule has 0 saturated carbocycles. The Labute approximate surface area is 151 Å². The number of rotatable bonds is 5. The molecule has 0 spiro atoms. The second-order valence-electron chi connectivity index (χ2n) is 6.10. The summed E-state index contributed by atoms with van der Waals surface area (Å²) in [5.41, 5.74) is 1.29. The minimum absolute atomic E-state index is 0.0830. The number of carbonyl (C=O) groups is 1. The SMILES string of the molecule is O=C(CCS(=O)(=O)c1ccccc1)N1CCCc2ccc([N+](=O)[O-])cc21. The molecule has 7 nitrogen and oxygen atoms in total. The average molecular weight is 374 g/mol. The zero-order valence-corrected chi connectivity index (χ0v) is 14.8. The molecule has 1 heterocycles. The first-order valence-corrected chi connectivity index (χ1v) is 9.89. The van der Waals surface area contributed by atoms with Gasteiger partial charge in [0.2, 0.25) is 5.91 Å². The topological polar surface area (TPSA) is 97.6 Å². The van der Waals surface area contributed by atoms with Crippen LogP contribution in [0.3, 0.4) is 0 Å². The van der Waals surface area contributed by atoms with Crippen LogP contribution in [-0.2, 0) is 21.1 Å². The second kappa shape index (κ2) is 7.25. The number of aryl methyl sites for hydroxylation is 1. The number of non-ortho nitro benzene ring substituents is 1. The monoisotopic (exact) mass is 374 g/mol. The van der Waals surface area contributed by atoms with Gasteiger partial charge in [0.1, 0.15) is 0 Å². The molecule has 0 saturated heterocycles. The largest absolute Gasteiger partial charge is 0.312 e. The molecule has 1 amide bonds. The first-order chi connectivity index (χ1) is 12.4. The Hall–Kier alpha value is -2.74. The zero-order valence-electron chi connectivity index (χ0n) is 14.0. The summed E-state index contributed by atoms with van der Waals surface area (Å²) in [4.78, 5) is 24.8. The summed E-state index contributed by atoms with van der Waals surface area (Å²) >= 11 is 0. The van der Waals surface area contributed by atoms with Gasteiger partial charge in [-0.3, -0.25) is 14.9 Å². The molecule has 26 heavy (non-hydrogen) atoms. The van der Waals surface area contributed by atoms with Crippen molar-refractivity contribution in [3.63, 3.8) is 0 Å². The first-order valence-electron chi connectivity index (χ1n) is 8.24. The van der Waals surface area contributed by atoms with Crippen LogP contribution in [0.5, 0.6) is 0 Å². The van der Waals surface area contributed by atoms with Crippen LogP contribution < -0.4 is 4.90 Å².